The predicted molar refractivity (Wildman–Crippen MR) is 84.6 cm³/mol. The topological polar surface area (TPSA) is 49.6 Å². The zero-order valence-corrected chi connectivity index (χ0v) is 13.6. The van der Waals surface area contributed by atoms with Crippen LogP contribution in [0, 0.1) is 5.92 Å². The molecular formula is C16H33N3O. The van der Waals surface area contributed by atoms with Gasteiger partial charge in [-0.1, -0.05) is 20.8 Å². The third kappa shape index (κ3) is 5.41. The summed E-state index contributed by atoms with van der Waals surface area (Å²) in [4.78, 5) is 16.8. The molecule has 0 aromatic heterocycles. The summed E-state index contributed by atoms with van der Waals surface area (Å²) >= 11 is 0. The maximum Gasteiger partial charge on any atom is 0.222 e. The van der Waals surface area contributed by atoms with Crippen molar-refractivity contribution >= 4 is 5.91 Å². The Balaban J connectivity index is 2.28. The molecule has 1 heterocycles. The first kappa shape index (κ1) is 17.4. The number of piperidine rings is 1. The summed E-state index contributed by atoms with van der Waals surface area (Å²) < 4.78 is 0. The van der Waals surface area contributed by atoms with Crippen molar-refractivity contribution in [1.29, 1.82) is 0 Å². The SMILES string of the molecule is CCN(CC)C1CCN(C(=O)CCC(C)CCN)CC1. The lowest BCUT2D eigenvalue weighted by Gasteiger charge is -2.37. The highest BCUT2D eigenvalue weighted by molar-refractivity contribution is 5.76. The number of hydrogen-bond donors (Lipinski definition) is 1. The molecule has 20 heavy (non-hydrogen) atoms. The Hall–Kier alpha value is -0.610. The van der Waals surface area contributed by atoms with Crippen LogP contribution in [0.25, 0.3) is 0 Å². The predicted octanol–water partition coefficient (Wildman–Crippen LogP) is 2.08. The minimum Gasteiger partial charge on any atom is -0.343 e. The van der Waals surface area contributed by atoms with Crippen molar-refractivity contribution in [2.45, 2.75) is 58.9 Å². The number of carbonyl (C=O) groups excluding carboxylic acids is 1. The lowest BCUT2D eigenvalue weighted by Crippen LogP contribution is -2.46. The number of likely N-dealkylation sites (tertiary alicyclic amines) is 1. The van der Waals surface area contributed by atoms with Crippen LogP contribution >= 0.6 is 0 Å². The lowest BCUT2D eigenvalue weighted by atomic mass is 9.99. The van der Waals surface area contributed by atoms with Gasteiger partial charge in [0, 0.05) is 25.6 Å². The molecule has 0 aromatic rings. The van der Waals surface area contributed by atoms with Gasteiger partial charge in [-0.15, -0.1) is 0 Å². The van der Waals surface area contributed by atoms with Crippen molar-refractivity contribution in [3.05, 3.63) is 0 Å². The third-order valence-electron chi connectivity index (χ3n) is 4.66. The fourth-order valence-electron chi connectivity index (χ4n) is 3.18. The van der Waals surface area contributed by atoms with Gasteiger partial charge in [0.05, 0.1) is 0 Å². The molecule has 0 aliphatic carbocycles. The van der Waals surface area contributed by atoms with Crippen LogP contribution in [0.3, 0.4) is 0 Å². The van der Waals surface area contributed by atoms with E-state index in [0.29, 0.717) is 24.3 Å². The van der Waals surface area contributed by atoms with E-state index in [9.17, 15) is 4.79 Å². The van der Waals surface area contributed by atoms with E-state index in [1.165, 1.54) is 0 Å². The molecule has 4 nitrogen and oxygen atoms in total. The van der Waals surface area contributed by atoms with Gasteiger partial charge in [0.15, 0.2) is 0 Å². The van der Waals surface area contributed by atoms with Crippen LogP contribution in [0.1, 0.15) is 52.9 Å². The summed E-state index contributed by atoms with van der Waals surface area (Å²) in [5.41, 5.74) is 5.55. The number of nitrogens with zero attached hydrogens (tertiary/aromatic N) is 2. The van der Waals surface area contributed by atoms with Crippen molar-refractivity contribution in [2.75, 3.05) is 32.7 Å². The first-order valence-corrected chi connectivity index (χ1v) is 8.34. The van der Waals surface area contributed by atoms with Gasteiger partial charge in [-0.05, 0) is 51.2 Å². The molecular weight excluding hydrogens is 250 g/mol. The van der Waals surface area contributed by atoms with Gasteiger partial charge in [-0.25, -0.2) is 0 Å². The Morgan fingerprint density at radius 2 is 1.85 bits per heavy atom. The van der Waals surface area contributed by atoms with Crippen molar-refractivity contribution in [2.24, 2.45) is 11.7 Å². The van der Waals surface area contributed by atoms with E-state index in [1.807, 2.05) is 0 Å². The molecule has 1 saturated heterocycles. The monoisotopic (exact) mass is 283 g/mol. The number of amides is 1. The molecule has 1 rings (SSSR count). The highest BCUT2D eigenvalue weighted by atomic mass is 16.2. The Morgan fingerprint density at radius 3 is 2.35 bits per heavy atom. The van der Waals surface area contributed by atoms with Gasteiger partial charge in [0.25, 0.3) is 0 Å². The maximum atomic E-state index is 12.2. The van der Waals surface area contributed by atoms with Crippen LogP contribution in [-0.2, 0) is 4.79 Å². The second kappa shape index (κ2) is 9.35. The van der Waals surface area contributed by atoms with E-state index >= 15 is 0 Å². The Bertz CT molecular complexity index is 271. The molecule has 1 fully saturated rings. The van der Waals surface area contributed by atoms with Gasteiger partial charge in [0.2, 0.25) is 5.91 Å². The summed E-state index contributed by atoms with van der Waals surface area (Å²) in [6.45, 7) is 11.5. The average molecular weight is 283 g/mol. The van der Waals surface area contributed by atoms with Crippen LogP contribution in [0.15, 0.2) is 0 Å². The molecule has 1 aliphatic heterocycles. The van der Waals surface area contributed by atoms with Crippen molar-refractivity contribution in [3.63, 3.8) is 0 Å². The molecule has 1 amide bonds. The van der Waals surface area contributed by atoms with Crippen molar-refractivity contribution in [3.8, 4) is 0 Å². The molecule has 0 saturated carbocycles. The Kier molecular flexibility index (Phi) is 8.15. The van der Waals surface area contributed by atoms with Gasteiger partial charge >= 0.3 is 0 Å². The van der Waals surface area contributed by atoms with Gasteiger partial charge in [0.1, 0.15) is 0 Å². The van der Waals surface area contributed by atoms with E-state index in [1.54, 1.807) is 0 Å². The van der Waals surface area contributed by atoms with Crippen LogP contribution in [0.5, 0.6) is 0 Å². The second-order valence-corrected chi connectivity index (χ2v) is 6.05. The first-order chi connectivity index (χ1) is 9.62. The largest absolute Gasteiger partial charge is 0.343 e. The standard InChI is InChI=1S/C16H33N3O/c1-4-18(5-2)15-9-12-19(13-10-15)16(20)7-6-14(3)8-11-17/h14-15H,4-13,17H2,1-3H3. The molecule has 0 radical (unpaired) electrons. The summed E-state index contributed by atoms with van der Waals surface area (Å²) in [5.74, 6) is 0.907. The molecule has 1 aliphatic rings. The number of hydrogen-bond acceptors (Lipinski definition) is 3. The quantitative estimate of drug-likeness (QED) is 0.742. The summed E-state index contributed by atoms with van der Waals surface area (Å²) in [5, 5.41) is 0. The van der Waals surface area contributed by atoms with Crippen LogP contribution in [-0.4, -0.2) is 54.5 Å². The fraction of sp³-hybridized carbons (Fsp3) is 0.938. The molecule has 0 spiro atoms. The first-order valence-electron chi connectivity index (χ1n) is 8.34. The Labute approximate surface area is 124 Å². The number of nitrogens with two attached hydrogens (primary N) is 1. The molecule has 118 valence electrons. The van der Waals surface area contributed by atoms with Gasteiger partial charge < -0.3 is 15.5 Å². The van der Waals surface area contributed by atoms with Crippen LogP contribution in [0.2, 0.25) is 0 Å². The van der Waals surface area contributed by atoms with E-state index in [0.717, 1.165) is 58.4 Å². The lowest BCUT2D eigenvalue weighted by molar-refractivity contribution is -0.133. The van der Waals surface area contributed by atoms with Gasteiger partial charge in [-0.3, -0.25) is 4.79 Å². The molecule has 1 unspecified atom stereocenters. The highest BCUT2D eigenvalue weighted by Gasteiger charge is 2.25. The summed E-state index contributed by atoms with van der Waals surface area (Å²) in [6, 6.07) is 0.671. The summed E-state index contributed by atoms with van der Waals surface area (Å²) in [6.07, 6.45) is 4.96. The average Bonchev–Trinajstić information content (AvgIpc) is 2.47. The fourth-order valence-corrected chi connectivity index (χ4v) is 3.18. The smallest absolute Gasteiger partial charge is 0.222 e. The van der Waals surface area contributed by atoms with E-state index < -0.39 is 0 Å². The van der Waals surface area contributed by atoms with Gasteiger partial charge in [-0.2, -0.15) is 0 Å². The molecule has 2 N–H and O–H groups in total. The van der Waals surface area contributed by atoms with E-state index in [4.69, 9.17) is 5.73 Å². The molecule has 0 aromatic carbocycles. The van der Waals surface area contributed by atoms with Crippen LogP contribution < -0.4 is 5.73 Å². The Morgan fingerprint density at radius 1 is 1.25 bits per heavy atom. The molecule has 4 heteroatoms. The minimum absolute atomic E-state index is 0.340. The second-order valence-electron chi connectivity index (χ2n) is 6.05. The van der Waals surface area contributed by atoms with E-state index in [-0.39, 0.29) is 0 Å². The van der Waals surface area contributed by atoms with Crippen molar-refractivity contribution < 1.29 is 4.79 Å². The maximum absolute atomic E-state index is 12.2. The van der Waals surface area contributed by atoms with Crippen LogP contribution in [0.4, 0.5) is 0 Å². The third-order valence-corrected chi connectivity index (χ3v) is 4.66. The summed E-state index contributed by atoms with van der Waals surface area (Å²) in [7, 11) is 0. The normalized spacial score (nSPS) is 18.6. The highest BCUT2D eigenvalue weighted by Crippen LogP contribution is 2.18. The zero-order valence-electron chi connectivity index (χ0n) is 13.6. The van der Waals surface area contributed by atoms with E-state index in [2.05, 4.69) is 30.6 Å². The number of rotatable bonds is 8. The molecule has 0 bridgehead atoms. The zero-order chi connectivity index (χ0) is 15.0. The number of carbonyl (C=O) groups is 1. The minimum atomic E-state index is 0.340. The molecule has 1 atom stereocenters. The van der Waals surface area contributed by atoms with Crippen molar-refractivity contribution in [1.82, 2.24) is 9.80 Å².